The minimum absolute atomic E-state index is 0.0696. The van der Waals surface area contributed by atoms with Crippen LogP contribution in [0.25, 0.3) is 0 Å². The van der Waals surface area contributed by atoms with Gasteiger partial charge in [-0.15, -0.1) is 0 Å². The summed E-state index contributed by atoms with van der Waals surface area (Å²) < 4.78 is 10.7. The summed E-state index contributed by atoms with van der Waals surface area (Å²) in [5.74, 6) is 5.19. The number of amides is 1. The first kappa shape index (κ1) is 34.4. The van der Waals surface area contributed by atoms with Gasteiger partial charge in [-0.3, -0.25) is 9.69 Å². The Labute approximate surface area is 173 Å². The molecule has 0 aliphatic heterocycles. The van der Waals surface area contributed by atoms with Crippen LogP contribution in [0.1, 0.15) is 54.9 Å². The fourth-order valence-corrected chi connectivity index (χ4v) is 2.07. The van der Waals surface area contributed by atoms with Crippen LogP contribution in [0.5, 0.6) is 0 Å². The van der Waals surface area contributed by atoms with Crippen molar-refractivity contribution in [1.82, 2.24) is 10.2 Å². The Morgan fingerprint density at radius 3 is 1.82 bits per heavy atom. The summed E-state index contributed by atoms with van der Waals surface area (Å²) in [5, 5.41) is 2.87. The van der Waals surface area contributed by atoms with Crippen molar-refractivity contribution in [3.05, 3.63) is 0 Å². The number of likely N-dealkylation sites (N-methyl/N-ethyl adjacent to an activating group) is 2. The normalized spacial score (nSPS) is 10.7. The van der Waals surface area contributed by atoms with Crippen LogP contribution < -0.4 is 11.2 Å². The van der Waals surface area contributed by atoms with Crippen molar-refractivity contribution in [1.29, 1.82) is 0 Å². The molecule has 28 heavy (non-hydrogen) atoms. The van der Waals surface area contributed by atoms with Crippen molar-refractivity contribution >= 4 is 12.7 Å². The molecule has 0 saturated carbocycles. The molecule has 8 nitrogen and oxygen atoms in total. The van der Waals surface area contributed by atoms with Crippen LogP contribution >= 0.6 is 0 Å². The van der Waals surface area contributed by atoms with Crippen molar-refractivity contribution in [2.45, 2.75) is 60.9 Å². The third kappa shape index (κ3) is 24.9. The molecule has 0 heterocycles. The summed E-state index contributed by atoms with van der Waals surface area (Å²) in [7, 11) is 1.94. The monoisotopic (exact) mass is 409 g/mol. The van der Waals surface area contributed by atoms with Gasteiger partial charge in [0.1, 0.15) is 6.79 Å². The molecular formula is C20H47N3O5. The average Bonchev–Trinajstić information content (AvgIpc) is 2.68. The molecule has 1 atom stereocenters. The van der Waals surface area contributed by atoms with Crippen LogP contribution in [0.2, 0.25) is 0 Å². The molecule has 1 unspecified atom stereocenters. The molecule has 0 aliphatic carbocycles. The summed E-state index contributed by atoms with van der Waals surface area (Å²) in [4.78, 5) is 26.4. The second-order valence-electron chi connectivity index (χ2n) is 5.87. The molecule has 0 rings (SSSR count). The van der Waals surface area contributed by atoms with Gasteiger partial charge in [-0.25, -0.2) is 5.90 Å². The lowest BCUT2D eigenvalue weighted by atomic mass is 10.0. The van der Waals surface area contributed by atoms with E-state index in [-0.39, 0.29) is 17.9 Å². The van der Waals surface area contributed by atoms with E-state index in [1.807, 2.05) is 53.4 Å². The van der Waals surface area contributed by atoms with E-state index in [1.54, 1.807) is 0 Å². The molecular weight excluding hydrogens is 362 g/mol. The highest BCUT2D eigenvalue weighted by molar-refractivity contribution is 5.81. The minimum atomic E-state index is -0.133. The predicted molar refractivity (Wildman–Crippen MR) is 116 cm³/mol. The largest absolute Gasteiger partial charge is 0.378 e. The molecule has 0 fully saturated rings. The maximum absolute atomic E-state index is 12.0. The van der Waals surface area contributed by atoms with Gasteiger partial charge in [0.2, 0.25) is 5.91 Å². The molecule has 172 valence electrons. The highest BCUT2D eigenvalue weighted by Gasteiger charge is 2.25. The number of hydrogen-bond acceptors (Lipinski definition) is 7. The maximum Gasteiger partial charge on any atom is 0.237 e. The van der Waals surface area contributed by atoms with Crippen LogP contribution in [0.4, 0.5) is 0 Å². The third-order valence-electron chi connectivity index (χ3n) is 3.03. The van der Waals surface area contributed by atoms with Gasteiger partial charge in [-0.1, -0.05) is 48.0 Å². The Morgan fingerprint density at radius 2 is 1.43 bits per heavy atom. The molecule has 3 N–H and O–H groups in total. The van der Waals surface area contributed by atoms with Crippen LogP contribution in [-0.2, 0) is 23.9 Å². The lowest BCUT2D eigenvalue weighted by Crippen LogP contribution is -2.49. The third-order valence-corrected chi connectivity index (χ3v) is 3.03. The number of hydrogen-bond donors (Lipinski definition) is 2. The number of carbonyl (C=O) groups is 2. The number of nitrogens with one attached hydrogen (secondary N) is 1. The smallest absolute Gasteiger partial charge is 0.237 e. The van der Waals surface area contributed by atoms with E-state index in [9.17, 15) is 4.79 Å². The van der Waals surface area contributed by atoms with Gasteiger partial charge >= 0.3 is 0 Å². The molecule has 0 aliphatic rings. The molecule has 8 heteroatoms. The number of carbonyl (C=O) groups excluding carboxylic acids is 2. The van der Waals surface area contributed by atoms with E-state index < -0.39 is 0 Å². The summed E-state index contributed by atoms with van der Waals surface area (Å²) in [6, 6.07) is -0.133. The van der Waals surface area contributed by atoms with Gasteiger partial charge in [0, 0.05) is 13.1 Å². The minimum Gasteiger partial charge on any atom is -0.378 e. The van der Waals surface area contributed by atoms with E-state index >= 15 is 0 Å². The van der Waals surface area contributed by atoms with Crippen LogP contribution in [0.15, 0.2) is 0 Å². The molecule has 0 bridgehead atoms. The standard InChI is InChI=1S/C14H31N3O4.C3H8.C2H6.CH2O/c1-5-16-14(18)13(12(2)3)17(4)6-7-19-8-9-20-10-11-21-15;1-3-2;2*1-2/h12-13H,5-11,15H2,1-4H3,(H,16,18);3H2,1-2H3;1-2H3;1H2. The Balaban J connectivity index is -0.000000362. The molecule has 0 aromatic heterocycles. The van der Waals surface area contributed by atoms with Gasteiger partial charge in [0.15, 0.2) is 0 Å². The molecule has 0 aromatic rings. The Bertz CT molecular complexity index is 295. The van der Waals surface area contributed by atoms with Crippen molar-refractivity contribution in [3.8, 4) is 0 Å². The van der Waals surface area contributed by atoms with Gasteiger partial charge in [0.05, 0.1) is 39.1 Å². The molecule has 0 saturated heterocycles. The summed E-state index contributed by atoms with van der Waals surface area (Å²) in [5.41, 5.74) is 0. The first-order chi connectivity index (χ1) is 13.5. The number of ether oxygens (including phenoxy) is 2. The van der Waals surface area contributed by atoms with Crippen molar-refractivity contribution in [2.75, 3.05) is 53.2 Å². The Hall–Kier alpha value is -1.06. The molecule has 1 amide bonds. The van der Waals surface area contributed by atoms with Crippen LogP contribution in [0, 0.1) is 5.92 Å². The summed E-state index contributed by atoms with van der Waals surface area (Å²) in [6.45, 7) is 20.1. The van der Waals surface area contributed by atoms with Gasteiger partial charge < -0.3 is 24.4 Å². The average molecular weight is 410 g/mol. The molecule has 0 aromatic carbocycles. The van der Waals surface area contributed by atoms with Crippen LogP contribution in [-0.4, -0.2) is 76.8 Å². The lowest BCUT2D eigenvalue weighted by molar-refractivity contribution is -0.127. The van der Waals surface area contributed by atoms with E-state index in [0.717, 1.165) is 0 Å². The first-order valence-corrected chi connectivity index (χ1v) is 10.2. The zero-order valence-electron chi connectivity index (χ0n) is 19.6. The summed E-state index contributed by atoms with van der Waals surface area (Å²) in [6.07, 6.45) is 1.25. The van der Waals surface area contributed by atoms with Crippen molar-refractivity contribution in [2.24, 2.45) is 11.8 Å². The lowest BCUT2D eigenvalue weighted by Gasteiger charge is -2.29. The fourth-order valence-electron chi connectivity index (χ4n) is 2.07. The Kier molecular flexibility index (Phi) is 37.7. The topological polar surface area (TPSA) is 103 Å². The van der Waals surface area contributed by atoms with E-state index in [1.165, 1.54) is 6.42 Å². The van der Waals surface area contributed by atoms with Crippen molar-refractivity contribution < 1.29 is 23.9 Å². The highest BCUT2D eigenvalue weighted by Crippen LogP contribution is 2.09. The quantitative estimate of drug-likeness (QED) is 0.355. The van der Waals surface area contributed by atoms with Crippen LogP contribution in [0.3, 0.4) is 0 Å². The second kappa shape index (κ2) is 30.7. The predicted octanol–water partition coefficient (Wildman–Crippen LogP) is 2.26. The zero-order valence-corrected chi connectivity index (χ0v) is 19.6. The van der Waals surface area contributed by atoms with Gasteiger partial charge in [0.25, 0.3) is 0 Å². The van der Waals surface area contributed by atoms with Gasteiger partial charge in [-0.2, -0.15) is 0 Å². The molecule has 0 radical (unpaired) electrons. The fraction of sp³-hybridized carbons (Fsp3) is 0.900. The SMILES string of the molecule is C=O.CC.CCC.CCNC(=O)C(C(C)C)N(C)CCOCCOCCON. The van der Waals surface area contributed by atoms with E-state index in [0.29, 0.717) is 46.1 Å². The molecule has 0 spiro atoms. The highest BCUT2D eigenvalue weighted by atomic mass is 16.6. The van der Waals surface area contributed by atoms with E-state index in [2.05, 4.69) is 24.0 Å². The number of nitrogens with two attached hydrogens (primary N) is 1. The number of rotatable bonds is 13. The van der Waals surface area contributed by atoms with Gasteiger partial charge in [-0.05, 0) is 19.9 Å². The number of nitrogens with zero attached hydrogens (tertiary/aromatic N) is 1. The van der Waals surface area contributed by atoms with E-state index in [4.69, 9.17) is 20.2 Å². The van der Waals surface area contributed by atoms with Crippen molar-refractivity contribution in [3.63, 3.8) is 0 Å². The maximum atomic E-state index is 12.0. The Morgan fingerprint density at radius 1 is 1.00 bits per heavy atom. The second-order valence-corrected chi connectivity index (χ2v) is 5.87. The first-order valence-electron chi connectivity index (χ1n) is 10.2. The zero-order chi connectivity index (χ0) is 22.8. The summed E-state index contributed by atoms with van der Waals surface area (Å²) >= 11 is 0.